The van der Waals surface area contributed by atoms with E-state index in [2.05, 4.69) is 15.4 Å². The maximum absolute atomic E-state index is 13.4. The lowest BCUT2D eigenvalue weighted by Crippen LogP contribution is -2.43. The summed E-state index contributed by atoms with van der Waals surface area (Å²) < 4.78 is 42.4. The van der Waals surface area contributed by atoms with Crippen molar-refractivity contribution in [2.75, 3.05) is 19.3 Å². The van der Waals surface area contributed by atoms with Gasteiger partial charge in [-0.1, -0.05) is 0 Å². The molecule has 1 saturated heterocycles. The molecule has 2 heterocycles. The summed E-state index contributed by atoms with van der Waals surface area (Å²) in [6, 6.07) is 1.67. The van der Waals surface area contributed by atoms with Gasteiger partial charge in [-0.2, -0.15) is 10.4 Å². The molecule has 0 spiro atoms. The fourth-order valence-corrected chi connectivity index (χ4v) is 3.53. The number of aromatic nitrogens is 3. The van der Waals surface area contributed by atoms with Crippen molar-refractivity contribution in [2.24, 2.45) is 5.92 Å². The van der Waals surface area contributed by atoms with Gasteiger partial charge in [-0.25, -0.2) is 17.8 Å². The molecule has 1 aliphatic carbocycles. The van der Waals surface area contributed by atoms with Crippen molar-refractivity contribution in [3.05, 3.63) is 12.7 Å². The Balaban J connectivity index is 0.000000500. The Labute approximate surface area is 163 Å². The first-order valence-electron chi connectivity index (χ1n) is 8.95. The SMILES string of the molecule is CS(=O)(=O)[O-].N#C[C@@H]1C[C@H](F)CN1C(=O)CN[C@@H]1CC[C@H](Cn2cncn2)C1. The molecule has 1 aliphatic heterocycles. The van der Waals surface area contributed by atoms with E-state index in [1.54, 1.807) is 6.33 Å². The Hall–Kier alpha value is -2.10. The van der Waals surface area contributed by atoms with Gasteiger partial charge in [0.25, 0.3) is 0 Å². The maximum atomic E-state index is 13.4. The summed E-state index contributed by atoms with van der Waals surface area (Å²) in [6.45, 7) is 1.06. The van der Waals surface area contributed by atoms with Crippen LogP contribution >= 0.6 is 0 Å². The van der Waals surface area contributed by atoms with Gasteiger partial charge in [0.05, 0.1) is 29.3 Å². The third kappa shape index (κ3) is 7.49. The predicted octanol–water partition coefficient (Wildman–Crippen LogP) is -0.340. The zero-order valence-electron chi connectivity index (χ0n) is 15.6. The molecule has 3 rings (SSSR count). The third-order valence-electron chi connectivity index (χ3n) is 4.71. The molecule has 1 amide bonds. The number of nitrogens with one attached hydrogen (secondary N) is 1. The van der Waals surface area contributed by atoms with Crippen molar-refractivity contribution in [3.8, 4) is 6.07 Å². The summed E-state index contributed by atoms with van der Waals surface area (Å²) in [6.07, 6.45) is 5.99. The summed E-state index contributed by atoms with van der Waals surface area (Å²) in [7, 11) is -3.92. The van der Waals surface area contributed by atoms with Crippen LogP contribution in [0.4, 0.5) is 4.39 Å². The molecule has 1 aromatic heterocycles. The fraction of sp³-hybridized carbons (Fsp3) is 0.750. The Morgan fingerprint density at radius 3 is 2.75 bits per heavy atom. The minimum absolute atomic E-state index is 0.0400. The molecule has 0 radical (unpaired) electrons. The standard InChI is InChI=1S/C15H21FN6O.CH4O3S/c16-12-4-14(5-17)22(8-12)15(23)6-19-13-2-1-11(3-13)7-21-10-18-9-20-21;1-5(2,3)4/h9-14,19H,1-4,6-8H2;1H3,(H,2,3,4)/p-1/t11-,12-,13+,14-;/m0./s1. The van der Waals surface area contributed by atoms with Crippen LogP contribution in [-0.4, -0.2) is 76.1 Å². The number of rotatable bonds is 5. The second kappa shape index (κ2) is 9.90. The van der Waals surface area contributed by atoms with Crippen molar-refractivity contribution < 1.29 is 22.2 Å². The lowest BCUT2D eigenvalue weighted by Gasteiger charge is -2.21. The number of carbonyl (C=O) groups excluding carboxylic acids is 1. The Morgan fingerprint density at radius 2 is 2.14 bits per heavy atom. The van der Waals surface area contributed by atoms with Gasteiger partial charge in [0.1, 0.15) is 24.9 Å². The summed E-state index contributed by atoms with van der Waals surface area (Å²) in [4.78, 5) is 17.5. The number of alkyl halides is 1. The van der Waals surface area contributed by atoms with Crippen LogP contribution in [0.2, 0.25) is 0 Å². The minimum Gasteiger partial charge on any atom is -0.748 e. The first-order chi connectivity index (χ1) is 13.2. The first kappa shape index (κ1) is 22.2. The minimum atomic E-state index is -3.92. The highest BCUT2D eigenvalue weighted by Crippen LogP contribution is 2.27. The van der Waals surface area contributed by atoms with E-state index in [0.29, 0.717) is 12.2 Å². The first-order valence-corrected chi connectivity index (χ1v) is 10.8. The van der Waals surface area contributed by atoms with E-state index >= 15 is 0 Å². The third-order valence-corrected chi connectivity index (χ3v) is 4.71. The molecule has 10 nitrogen and oxygen atoms in total. The highest BCUT2D eigenvalue weighted by molar-refractivity contribution is 7.84. The lowest BCUT2D eigenvalue weighted by molar-refractivity contribution is -0.130. The molecule has 12 heteroatoms. The number of carbonyl (C=O) groups is 1. The average molecular weight is 415 g/mol. The van der Waals surface area contributed by atoms with Crippen LogP contribution < -0.4 is 5.32 Å². The Bertz CT molecular complexity index is 774. The van der Waals surface area contributed by atoms with Crippen LogP contribution in [0.15, 0.2) is 12.7 Å². The molecule has 0 aromatic carbocycles. The number of likely N-dealkylation sites (tertiary alicyclic amines) is 1. The monoisotopic (exact) mass is 415 g/mol. The van der Waals surface area contributed by atoms with Crippen molar-refractivity contribution in [1.29, 1.82) is 5.26 Å². The molecule has 2 aliphatic rings. The highest BCUT2D eigenvalue weighted by Gasteiger charge is 2.35. The largest absolute Gasteiger partial charge is 0.748 e. The van der Waals surface area contributed by atoms with Gasteiger partial charge in [-0.3, -0.25) is 9.48 Å². The molecule has 28 heavy (non-hydrogen) atoms. The number of nitriles is 1. The van der Waals surface area contributed by atoms with Crippen LogP contribution in [0.1, 0.15) is 25.7 Å². The van der Waals surface area contributed by atoms with Crippen molar-refractivity contribution >= 4 is 16.0 Å². The van der Waals surface area contributed by atoms with Gasteiger partial charge in [-0.05, 0) is 25.2 Å². The second-order valence-electron chi connectivity index (χ2n) is 7.10. The Morgan fingerprint density at radius 1 is 1.43 bits per heavy atom. The normalized spacial score (nSPS) is 27.1. The molecule has 0 bridgehead atoms. The van der Waals surface area contributed by atoms with Crippen LogP contribution in [0, 0.1) is 17.2 Å². The number of halogens is 1. The molecule has 1 aromatic rings. The van der Waals surface area contributed by atoms with Gasteiger partial charge < -0.3 is 14.8 Å². The van der Waals surface area contributed by atoms with Crippen LogP contribution in [0.3, 0.4) is 0 Å². The topological polar surface area (TPSA) is 144 Å². The number of nitrogens with zero attached hydrogens (tertiary/aromatic N) is 5. The summed E-state index contributed by atoms with van der Waals surface area (Å²) >= 11 is 0. The highest BCUT2D eigenvalue weighted by atomic mass is 32.2. The number of hydrogen-bond donors (Lipinski definition) is 1. The molecule has 2 fully saturated rings. The number of hydrogen-bond acceptors (Lipinski definition) is 8. The zero-order valence-corrected chi connectivity index (χ0v) is 16.4. The lowest BCUT2D eigenvalue weighted by atomic mass is 10.1. The van der Waals surface area contributed by atoms with Crippen LogP contribution in [0.5, 0.6) is 0 Å². The van der Waals surface area contributed by atoms with Gasteiger partial charge in [0, 0.05) is 25.3 Å². The van der Waals surface area contributed by atoms with Crippen LogP contribution in [0.25, 0.3) is 0 Å². The van der Waals surface area contributed by atoms with Gasteiger partial charge in [0.15, 0.2) is 0 Å². The van der Waals surface area contributed by atoms with E-state index in [1.807, 2.05) is 10.8 Å². The molecule has 156 valence electrons. The van der Waals surface area contributed by atoms with E-state index < -0.39 is 22.3 Å². The molecule has 1 saturated carbocycles. The maximum Gasteiger partial charge on any atom is 0.237 e. The van der Waals surface area contributed by atoms with E-state index in [1.165, 1.54) is 11.2 Å². The fourth-order valence-electron chi connectivity index (χ4n) is 3.53. The quantitative estimate of drug-likeness (QED) is 0.643. The Kier molecular flexibility index (Phi) is 7.85. The zero-order chi connectivity index (χ0) is 20.7. The van der Waals surface area contributed by atoms with E-state index in [4.69, 9.17) is 18.2 Å². The van der Waals surface area contributed by atoms with Gasteiger partial charge in [-0.15, -0.1) is 0 Å². The van der Waals surface area contributed by atoms with E-state index in [0.717, 1.165) is 25.8 Å². The molecule has 4 atom stereocenters. The molecule has 0 unspecified atom stereocenters. The van der Waals surface area contributed by atoms with E-state index in [9.17, 15) is 9.18 Å². The molecular weight excluding hydrogens is 391 g/mol. The van der Waals surface area contributed by atoms with Gasteiger partial charge >= 0.3 is 0 Å². The van der Waals surface area contributed by atoms with Crippen molar-refractivity contribution in [1.82, 2.24) is 25.0 Å². The summed E-state index contributed by atoms with van der Waals surface area (Å²) in [5, 5.41) is 16.4. The van der Waals surface area contributed by atoms with Gasteiger partial charge in [0.2, 0.25) is 5.91 Å². The number of amides is 1. The van der Waals surface area contributed by atoms with Crippen molar-refractivity contribution in [2.45, 2.75) is 50.5 Å². The molecule has 1 N–H and O–H groups in total. The smallest absolute Gasteiger partial charge is 0.237 e. The molecular formula is C16H24FN6O4S-. The van der Waals surface area contributed by atoms with Crippen LogP contribution in [-0.2, 0) is 21.5 Å². The van der Waals surface area contributed by atoms with E-state index in [-0.39, 0.29) is 31.5 Å². The van der Waals surface area contributed by atoms with Crippen molar-refractivity contribution in [3.63, 3.8) is 0 Å². The summed E-state index contributed by atoms with van der Waals surface area (Å²) in [5.41, 5.74) is 0. The summed E-state index contributed by atoms with van der Waals surface area (Å²) in [5.74, 6) is 0.342. The predicted molar refractivity (Wildman–Crippen MR) is 95.4 cm³/mol. The average Bonchev–Trinajstić information content (AvgIpc) is 3.32. The second-order valence-corrected chi connectivity index (χ2v) is 8.51.